The van der Waals surface area contributed by atoms with Gasteiger partial charge in [-0.3, -0.25) is 9.13 Å². The van der Waals surface area contributed by atoms with Crippen molar-refractivity contribution in [2.75, 3.05) is 0 Å². The van der Waals surface area contributed by atoms with Gasteiger partial charge in [-0.15, -0.1) is 0 Å². The number of allylic oxidation sites excluding steroid dienone is 4. The van der Waals surface area contributed by atoms with Crippen LogP contribution in [0.3, 0.4) is 0 Å². The Morgan fingerprint density at radius 2 is 0.903 bits per heavy atom. The molecule has 0 aliphatic heterocycles. The first kappa shape index (κ1) is 35.7. The van der Waals surface area contributed by atoms with Gasteiger partial charge in [0, 0.05) is 44.3 Å². The Hall–Kier alpha value is -8.22. The summed E-state index contributed by atoms with van der Waals surface area (Å²) in [7, 11) is 0. The van der Waals surface area contributed by atoms with Gasteiger partial charge in [-0.25, -0.2) is 19.9 Å². The molecule has 4 aromatic heterocycles. The average molecular weight is 795 g/mol. The molecule has 6 nitrogen and oxygen atoms in total. The third-order valence-electron chi connectivity index (χ3n) is 12.0. The van der Waals surface area contributed by atoms with Gasteiger partial charge in [0.2, 0.25) is 5.95 Å². The van der Waals surface area contributed by atoms with Gasteiger partial charge < -0.3 is 0 Å². The minimum Gasteiger partial charge on any atom is -0.294 e. The normalized spacial score (nSPS) is 12.7. The first-order valence-corrected chi connectivity index (χ1v) is 21.1. The lowest BCUT2D eigenvalue weighted by Gasteiger charge is -2.14. The molecular weight excluding hydrogens is 757 g/mol. The molecule has 0 fully saturated rings. The molecule has 62 heavy (non-hydrogen) atoms. The van der Waals surface area contributed by atoms with Crippen molar-refractivity contribution in [3.8, 4) is 56.7 Å². The zero-order valence-electron chi connectivity index (χ0n) is 33.7. The van der Waals surface area contributed by atoms with Gasteiger partial charge in [-0.2, -0.15) is 0 Å². The fourth-order valence-electron chi connectivity index (χ4n) is 9.05. The molecule has 1 aliphatic rings. The minimum atomic E-state index is 0.634. The van der Waals surface area contributed by atoms with Gasteiger partial charge >= 0.3 is 0 Å². The number of para-hydroxylation sites is 2. The molecule has 4 heterocycles. The molecule has 0 spiro atoms. The highest BCUT2D eigenvalue weighted by atomic mass is 15.2. The Bertz CT molecular complexity index is 3500. The molecule has 1 aliphatic carbocycles. The van der Waals surface area contributed by atoms with Crippen LogP contribution in [0.15, 0.2) is 206 Å². The van der Waals surface area contributed by atoms with Gasteiger partial charge in [0.25, 0.3) is 0 Å². The van der Waals surface area contributed by atoms with Crippen LogP contribution < -0.4 is 0 Å². The highest BCUT2D eigenvalue weighted by molar-refractivity contribution is 6.12. The zero-order valence-corrected chi connectivity index (χ0v) is 33.7. The second-order valence-electron chi connectivity index (χ2n) is 15.8. The van der Waals surface area contributed by atoms with Crippen molar-refractivity contribution in [3.63, 3.8) is 0 Å². The largest absolute Gasteiger partial charge is 0.294 e. The molecule has 6 heteroatoms. The van der Waals surface area contributed by atoms with Crippen molar-refractivity contribution in [2.24, 2.45) is 0 Å². The maximum absolute atomic E-state index is 5.32. The standard InChI is InChI=1S/C56H38N6/c1-5-17-37(18-6-1)47-35-48(38-19-7-2-8-20-38)59-56(58-47)62-51-28-16-14-26-44(51)46-33-41(30-32-52(46)62)42-29-31-45-43-25-13-15-27-50(43)61(53(45)34-42)54-36-49(39-21-9-3-10-22-39)57-55(60-54)40-23-11-4-12-24-40/h1-11,13-23,25-36H,12,24H2. The molecule has 0 amide bonds. The second-order valence-corrected chi connectivity index (χ2v) is 15.8. The Morgan fingerprint density at radius 3 is 1.55 bits per heavy atom. The van der Waals surface area contributed by atoms with Crippen LogP contribution in [0.2, 0.25) is 0 Å². The van der Waals surface area contributed by atoms with Crippen molar-refractivity contribution in [2.45, 2.75) is 12.8 Å². The highest BCUT2D eigenvalue weighted by Gasteiger charge is 2.20. The van der Waals surface area contributed by atoms with Crippen LogP contribution in [0.4, 0.5) is 0 Å². The summed E-state index contributed by atoms with van der Waals surface area (Å²) in [6.45, 7) is 0. The number of hydrogen-bond acceptors (Lipinski definition) is 4. The lowest BCUT2D eigenvalue weighted by molar-refractivity contribution is 0.975. The number of hydrogen-bond donors (Lipinski definition) is 0. The molecule has 7 aromatic carbocycles. The lowest BCUT2D eigenvalue weighted by atomic mass is 10.0. The molecule has 12 rings (SSSR count). The summed E-state index contributed by atoms with van der Waals surface area (Å²) in [5, 5.41) is 4.63. The Kier molecular flexibility index (Phi) is 8.52. The van der Waals surface area contributed by atoms with Crippen LogP contribution >= 0.6 is 0 Å². The van der Waals surface area contributed by atoms with Gasteiger partial charge in [0.05, 0.1) is 39.1 Å². The van der Waals surface area contributed by atoms with E-state index < -0.39 is 0 Å². The summed E-state index contributed by atoms with van der Waals surface area (Å²) in [5.41, 5.74) is 13.5. The first-order valence-electron chi connectivity index (χ1n) is 21.1. The van der Waals surface area contributed by atoms with E-state index in [1.165, 1.54) is 10.8 Å². The maximum atomic E-state index is 5.32. The molecule has 0 N–H and O–H groups in total. The monoisotopic (exact) mass is 794 g/mol. The highest BCUT2D eigenvalue weighted by Crippen LogP contribution is 2.39. The van der Waals surface area contributed by atoms with Crippen molar-refractivity contribution >= 4 is 49.2 Å². The zero-order chi connectivity index (χ0) is 41.0. The molecule has 292 valence electrons. The molecule has 0 bridgehead atoms. The van der Waals surface area contributed by atoms with Crippen LogP contribution in [-0.2, 0) is 0 Å². The molecule has 0 unspecified atom stereocenters. The summed E-state index contributed by atoms with van der Waals surface area (Å²) in [5.74, 6) is 2.25. The van der Waals surface area contributed by atoms with Crippen LogP contribution in [0.25, 0.3) is 106 Å². The minimum absolute atomic E-state index is 0.634. The van der Waals surface area contributed by atoms with E-state index in [1.54, 1.807) is 0 Å². The predicted octanol–water partition coefficient (Wildman–Crippen LogP) is 13.9. The Morgan fingerprint density at radius 1 is 0.371 bits per heavy atom. The number of nitrogens with zero attached hydrogens (tertiary/aromatic N) is 6. The Labute approximate surface area is 358 Å². The lowest BCUT2D eigenvalue weighted by Crippen LogP contribution is -2.05. The van der Waals surface area contributed by atoms with Crippen molar-refractivity contribution in [3.05, 3.63) is 212 Å². The van der Waals surface area contributed by atoms with Crippen LogP contribution in [0, 0.1) is 0 Å². The first-order chi connectivity index (χ1) is 30.7. The van der Waals surface area contributed by atoms with E-state index in [-0.39, 0.29) is 0 Å². The third-order valence-corrected chi connectivity index (χ3v) is 12.0. The fraction of sp³-hybridized carbons (Fsp3) is 0.0357. The molecule has 0 atom stereocenters. The van der Waals surface area contributed by atoms with E-state index in [4.69, 9.17) is 19.9 Å². The van der Waals surface area contributed by atoms with Crippen molar-refractivity contribution in [1.29, 1.82) is 0 Å². The summed E-state index contributed by atoms with van der Waals surface area (Å²) in [4.78, 5) is 20.9. The molecule has 0 saturated heterocycles. The summed E-state index contributed by atoms with van der Waals surface area (Å²) in [6, 6.07) is 66.1. The number of fused-ring (bicyclic) bond motifs is 6. The van der Waals surface area contributed by atoms with E-state index >= 15 is 0 Å². The van der Waals surface area contributed by atoms with Crippen LogP contribution in [0.1, 0.15) is 18.7 Å². The molecule has 0 radical (unpaired) electrons. The fourth-order valence-corrected chi connectivity index (χ4v) is 9.05. The van der Waals surface area contributed by atoms with E-state index in [0.717, 1.165) is 108 Å². The topological polar surface area (TPSA) is 61.4 Å². The van der Waals surface area contributed by atoms with E-state index in [9.17, 15) is 0 Å². The molecule has 0 saturated carbocycles. The molecule has 11 aromatic rings. The van der Waals surface area contributed by atoms with Crippen LogP contribution in [-0.4, -0.2) is 29.1 Å². The number of rotatable bonds is 7. The van der Waals surface area contributed by atoms with Gasteiger partial charge in [0.15, 0.2) is 5.82 Å². The summed E-state index contributed by atoms with van der Waals surface area (Å²) >= 11 is 0. The third kappa shape index (κ3) is 6.11. The maximum Gasteiger partial charge on any atom is 0.235 e. The van der Waals surface area contributed by atoms with Gasteiger partial charge in [-0.05, 0) is 65.9 Å². The van der Waals surface area contributed by atoms with E-state index in [0.29, 0.717) is 5.95 Å². The average Bonchev–Trinajstić information content (AvgIpc) is 3.87. The van der Waals surface area contributed by atoms with Crippen molar-refractivity contribution < 1.29 is 0 Å². The van der Waals surface area contributed by atoms with Crippen molar-refractivity contribution in [1.82, 2.24) is 29.1 Å². The quantitative estimate of drug-likeness (QED) is 0.161. The number of benzene rings is 7. The number of aromatic nitrogens is 6. The SMILES string of the molecule is C1=CCCC(c2nc(-c3ccccc3)cc(-n3c4ccccc4c4ccc(-c5ccc6c(c5)c5ccccc5n6-c5nc(-c6ccccc6)cc(-c6ccccc6)n5)cc43)n2)=C1. The smallest absolute Gasteiger partial charge is 0.235 e. The Balaban J connectivity index is 1.04. The second kappa shape index (κ2) is 14.8. The predicted molar refractivity (Wildman–Crippen MR) is 254 cm³/mol. The van der Waals surface area contributed by atoms with Crippen LogP contribution in [0.5, 0.6) is 0 Å². The van der Waals surface area contributed by atoms with Gasteiger partial charge in [0.1, 0.15) is 5.82 Å². The van der Waals surface area contributed by atoms with Gasteiger partial charge in [-0.1, -0.05) is 164 Å². The van der Waals surface area contributed by atoms with E-state index in [1.807, 2.05) is 18.2 Å². The summed E-state index contributed by atoms with van der Waals surface area (Å²) < 4.78 is 4.53. The summed E-state index contributed by atoms with van der Waals surface area (Å²) in [6.07, 6.45) is 8.36. The molecular formula is C56H38N6. The van der Waals surface area contributed by atoms with E-state index in [2.05, 4.69) is 197 Å².